The van der Waals surface area contributed by atoms with Crippen LogP contribution < -0.4 is 5.32 Å². The number of rotatable bonds is 6. The number of aromatic nitrogens is 3. The van der Waals surface area contributed by atoms with E-state index in [1.54, 1.807) is 17.0 Å². The predicted molar refractivity (Wildman–Crippen MR) is 102 cm³/mol. The summed E-state index contributed by atoms with van der Waals surface area (Å²) in [5, 5.41) is 12.2. The molecule has 1 N–H and O–H groups in total. The summed E-state index contributed by atoms with van der Waals surface area (Å²) < 4.78 is 1.81. The van der Waals surface area contributed by atoms with Gasteiger partial charge in [0.15, 0.2) is 5.16 Å². The van der Waals surface area contributed by atoms with Gasteiger partial charge in [-0.25, -0.2) is 0 Å². The molecule has 0 saturated carbocycles. The lowest BCUT2D eigenvalue weighted by atomic mass is 10.1. The molecule has 1 heterocycles. The second kappa shape index (κ2) is 8.18. The summed E-state index contributed by atoms with van der Waals surface area (Å²) >= 11 is 7.35. The molecule has 5 nitrogen and oxygen atoms in total. The summed E-state index contributed by atoms with van der Waals surface area (Å²) in [5.74, 6) is 0.157. The zero-order valence-corrected chi connectivity index (χ0v) is 15.2. The van der Waals surface area contributed by atoms with Gasteiger partial charge < -0.3 is 5.32 Å². The average molecular weight is 373 g/mol. The number of thioether (sulfide) groups is 1. The molecule has 7 heteroatoms. The van der Waals surface area contributed by atoms with E-state index in [-0.39, 0.29) is 11.7 Å². The molecule has 3 rings (SSSR count). The highest BCUT2D eigenvalue weighted by Gasteiger charge is 2.10. The van der Waals surface area contributed by atoms with E-state index in [0.29, 0.717) is 10.2 Å². The van der Waals surface area contributed by atoms with Gasteiger partial charge in [-0.2, -0.15) is 0 Å². The molecule has 3 aromatic rings. The van der Waals surface area contributed by atoms with Gasteiger partial charge in [0.2, 0.25) is 5.91 Å². The molecular weight excluding hydrogens is 356 g/mol. The first-order valence-electron chi connectivity index (χ1n) is 7.83. The standard InChI is InChI=1S/C18H17ClN4OS/c1-2-13-6-8-15(9-7-13)21-17(24)11-25-18-22-20-12-23(18)16-5-3-4-14(19)10-16/h3-10,12H,2,11H2,1H3,(H,21,24). The third-order valence-electron chi connectivity index (χ3n) is 3.58. The van der Waals surface area contributed by atoms with Crippen molar-refractivity contribution in [1.29, 1.82) is 0 Å². The van der Waals surface area contributed by atoms with Crippen LogP contribution in [-0.2, 0) is 11.2 Å². The molecular formula is C18H17ClN4OS. The minimum atomic E-state index is -0.0881. The fourth-order valence-electron chi connectivity index (χ4n) is 2.28. The van der Waals surface area contributed by atoms with Gasteiger partial charge in [0.25, 0.3) is 0 Å². The number of hydrogen-bond donors (Lipinski definition) is 1. The Morgan fingerprint density at radius 2 is 2.04 bits per heavy atom. The van der Waals surface area contributed by atoms with Crippen LogP contribution in [0.15, 0.2) is 60.0 Å². The summed E-state index contributed by atoms with van der Waals surface area (Å²) in [4.78, 5) is 12.2. The molecule has 0 fully saturated rings. The number of aryl methyl sites for hydroxylation is 1. The maximum atomic E-state index is 12.2. The Balaban J connectivity index is 1.62. The van der Waals surface area contributed by atoms with Gasteiger partial charge in [-0.3, -0.25) is 9.36 Å². The minimum absolute atomic E-state index is 0.0881. The van der Waals surface area contributed by atoms with E-state index in [9.17, 15) is 4.79 Å². The van der Waals surface area contributed by atoms with Gasteiger partial charge in [0.1, 0.15) is 6.33 Å². The summed E-state index contributed by atoms with van der Waals surface area (Å²) in [6, 6.07) is 15.3. The largest absolute Gasteiger partial charge is 0.325 e. The zero-order valence-electron chi connectivity index (χ0n) is 13.6. The van der Waals surface area contributed by atoms with Gasteiger partial charge in [-0.15, -0.1) is 10.2 Å². The molecule has 0 spiro atoms. The van der Waals surface area contributed by atoms with E-state index in [2.05, 4.69) is 22.4 Å². The maximum absolute atomic E-state index is 12.2. The first-order valence-corrected chi connectivity index (χ1v) is 9.19. The number of carbonyl (C=O) groups excluding carboxylic acids is 1. The van der Waals surface area contributed by atoms with E-state index < -0.39 is 0 Å². The fraction of sp³-hybridized carbons (Fsp3) is 0.167. The molecule has 128 valence electrons. The number of nitrogens with one attached hydrogen (secondary N) is 1. The summed E-state index contributed by atoms with van der Waals surface area (Å²) in [6.45, 7) is 2.10. The monoisotopic (exact) mass is 372 g/mol. The molecule has 0 atom stereocenters. The lowest BCUT2D eigenvalue weighted by Gasteiger charge is -2.08. The van der Waals surface area contributed by atoms with Crippen molar-refractivity contribution in [3.05, 3.63) is 65.4 Å². The second-order valence-electron chi connectivity index (χ2n) is 5.35. The number of anilines is 1. The lowest BCUT2D eigenvalue weighted by molar-refractivity contribution is -0.113. The average Bonchev–Trinajstić information content (AvgIpc) is 3.09. The van der Waals surface area contributed by atoms with E-state index in [0.717, 1.165) is 17.8 Å². The van der Waals surface area contributed by atoms with Crippen molar-refractivity contribution in [1.82, 2.24) is 14.8 Å². The van der Waals surface area contributed by atoms with Gasteiger partial charge in [-0.1, -0.05) is 48.5 Å². The summed E-state index contributed by atoms with van der Waals surface area (Å²) in [5.41, 5.74) is 2.89. The number of nitrogens with zero attached hydrogens (tertiary/aromatic N) is 3. The van der Waals surface area contributed by atoms with Crippen molar-refractivity contribution in [2.75, 3.05) is 11.1 Å². The Bertz CT molecular complexity index is 864. The van der Waals surface area contributed by atoms with Crippen LogP contribution in [0.4, 0.5) is 5.69 Å². The van der Waals surface area contributed by atoms with Gasteiger partial charge in [0, 0.05) is 10.7 Å². The number of amides is 1. The summed E-state index contributed by atoms with van der Waals surface area (Å²) in [6.07, 6.45) is 2.58. The Hall–Kier alpha value is -2.31. The molecule has 25 heavy (non-hydrogen) atoms. The quantitative estimate of drug-likeness (QED) is 0.658. The van der Waals surface area contributed by atoms with Crippen LogP contribution in [0.1, 0.15) is 12.5 Å². The maximum Gasteiger partial charge on any atom is 0.234 e. The Morgan fingerprint density at radius 3 is 2.76 bits per heavy atom. The first kappa shape index (κ1) is 17.5. The highest BCUT2D eigenvalue weighted by Crippen LogP contribution is 2.22. The molecule has 2 aromatic carbocycles. The molecule has 1 aromatic heterocycles. The van der Waals surface area contributed by atoms with Crippen molar-refractivity contribution < 1.29 is 4.79 Å². The van der Waals surface area contributed by atoms with Crippen LogP contribution in [0.3, 0.4) is 0 Å². The van der Waals surface area contributed by atoms with Crippen molar-refractivity contribution in [2.45, 2.75) is 18.5 Å². The lowest BCUT2D eigenvalue weighted by Crippen LogP contribution is -2.14. The van der Waals surface area contributed by atoms with Crippen molar-refractivity contribution >= 4 is 35.0 Å². The van der Waals surface area contributed by atoms with Crippen LogP contribution >= 0.6 is 23.4 Å². The van der Waals surface area contributed by atoms with Crippen LogP contribution in [0.5, 0.6) is 0 Å². The van der Waals surface area contributed by atoms with Gasteiger partial charge >= 0.3 is 0 Å². The minimum Gasteiger partial charge on any atom is -0.325 e. The topological polar surface area (TPSA) is 59.8 Å². The normalized spacial score (nSPS) is 10.6. The van der Waals surface area contributed by atoms with E-state index in [4.69, 9.17) is 11.6 Å². The molecule has 1 amide bonds. The number of benzene rings is 2. The predicted octanol–water partition coefficient (Wildman–Crippen LogP) is 4.21. The van der Waals surface area contributed by atoms with Crippen LogP contribution in [0, 0.1) is 0 Å². The van der Waals surface area contributed by atoms with Gasteiger partial charge in [-0.05, 0) is 42.3 Å². The Kier molecular flexibility index (Phi) is 5.73. The van der Waals surface area contributed by atoms with Crippen LogP contribution in [-0.4, -0.2) is 26.4 Å². The van der Waals surface area contributed by atoms with Crippen molar-refractivity contribution in [3.8, 4) is 5.69 Å². The molecule has 0 aliphatic heterocycles. The molecule has 0 aliphatic rings. The zero-order chi connectivity index (χ0) is 17.6. The molecule has 0 bridgehead atoms. The van der Waals surface area contributed by atoms with Crippen LogP contribution in [0.2, 0.25) is 5.02 Å². The Labute approximate surface area is 155 Å². The highest BCUT2D eigenvalue weighted by atomic mass is 35.5. The SMILES string of the molecule is CCc1ccc(NC(=O)CSc2nncn2-c2cccc(Cl)c2)cc1. The van der Waals surface area contributed by atoms with Crippen LogP contribution in [0.25, 0.3) is 5.69 Å². The number of halogens is 1. The molecule has 0 unspecified atom stereocenters. The highest BCUT2D eigenvalue weighted by molar-refractivity contribution is 7.99. The first-order chi connectivity index (χ1) is 12.2. The smallest absolute Gasteiger partial charge is 0.234 e. The van der Waals surface area contributed by atoms with E-state index in [1.165, 1.54) is 17.3 Å². The molecule has 0 saturated heterocycles. The third-order valence-corrected chi connectivity index (χ3v) is 4.76. The summed E-state index contributed by atoms with van der Waals surface area (Å²) in [7, 11) is 0. The molecule has 0 radical (unpaired) electrons. The van der Waals surface area contributed by atoms with Gasteiger partial charge in [0.05, 0.1) is 11.4 Å². The molecule has 0 aliphatic carbocycles. The Morgan fingerprint density at radius 1 is 1.24 bits per heavy atom. The third kappa shape index (κ3) is 4.61. The van der Waals surface area contributed by atoms with Crippen molar-refractivity contribution in [2.24, 2.45) is 0 Å². The van der Waals surface area contributed by atoms with E-state index in [1.807, 2.05) is 42.5 Å². The second-order valence-corrected chi connectivity index (χ2v) is 6.73. The van der Waals surface area contributed by atoms with Crippen molar-refractivity contribution in [3.63, 3.8) is 0 Å². The fourth-order valence-corrected chi connectivity index (χ4v) is 3.19. The number of hydrogen-bond acceptors (Lipinski definition) is 4. The number of carbonyl (C=O) groups is 1. The van der Waals surface area contributed by atoms with E-state index >= 15 is 0 Å².